The van der Waals surface area contributed by atoms with Gasteiger partial charge < -0.3 is 18.7 Å². The number of carbonyl (C=O) groups is 1. The van der Waals surface area contributed by atoms with Gasteiger partial charge in [-0.05, 0) is 13.8 Å². The Bertz CT molecular complexity index is 317. The fraction of sp³-hybridized carbons (Fsp3) is 0.700. The molecule has 0 bridgehead atoms. The predicted octanol–water partition coefficient (Wildman–Crippen LogP) is 1.83. The Morgan fingerprint density at radius 3 is 2.00 bits per heavy atom. The summed E-state index contributed by atoms with van der Waals surface area (Å²) in [6.07, 6.45) is 1.39. The third-order valence-corrected chi connectivity index (χ3v) is 3.75. The minimum absolute atomic E-state index is 0.103. The smallest absolute Gasteiger partial charge is 0.370 e. The minimum Gasteiger partial charge on any atom is -0.465 e. The molecule has 0 spiro atoms. The van der Waals surface area contributed by atoms with Crippen LogP contribution in [-0.2, 0) is 23.1 Å². The zero-order chi connectivity index (χ0) is 13.5. The molecule has 0 fully saturated rings. The van der Waals surface area contributed by atoms with Crippen LogP contribution in [0.5, 0.6) is 0 Å². The maximum absolute atomic E-state index is 12.4. The fourth-order valence-electron chi connectivity index (χ4n) is 1.10. The Morgan fingerprint density at radius 2 is 1.71 bits per heavy atom. The molecule has 6 nitrogen and oxygen atoms in total. The van der Waals surface area contributed by atoms with Gasteiger partial charge in [0.25, 0.3) is 0 Å². The van der Waals surface area contributed by atoms with Crippen molar-refractivity contribution < 1.29 is 23.1 Å². The van der Waals surface area contributed by atoms with Crippen LogP contribution in [-0.4, -0.2) is 45.3 Å². The summed E-state index contributed by atoms with van der Waals surface area (Å²) in [6.45, 7) is 3.71. The van der Waals surface area contributed by atoms with Gasteiger partial charge in [-0.2, -0.15) is 0 Å². The fourth-order valence-corrected chi connectivity index (χ4v) is 2.82. The van der Waals surface area contributed by atoms with Crippen LogP contribution in [0.2, 0.25) is 0 Å². The second-order valence-electron chi connectivity index (χ2n) is 3.30. The number of nitrogens with zero attached hydrogens (tertiary/aromatic N) is 1. The van der Waals surface area contributed by atoms with Crippen molar-refractivity contribution in [3.8, 4) is 0 Å². The van der Waals surface area contributed by atoms with Gasteiger partial charge in [0.05, 0.1) is 20.3 Å². The van der Waals surface area contributed by atoms with Gasteiger partial charge in [-0.3, -0.25) is 4.57 Å². The maximum atomic E-state index is 12.4. The average molecular weight is 265 g/mol. The van der Waals surface area contributed by atoms with Crippen LogP contribution in [0.1, 0.15) is 13.8 Å². The van der Waals surface area contributed by atoms with Crippen molar-refractivity contribution in [1.82, 2.24) is 4.90 Å². The minimum atomic E-state index is -3.61. The van der Waals surface area contributed by atoms with Crippen molar-refractivity contribution in [3.05, 3.63) is 11.5 Å². The highest BCUT2D eigenvalue weighted by Gasteiger charge is 2.36. The van der Waals surface area contributed by atoms with Crippen molar-refractivity contribution in [2.75, 3.05) is 34.4 Å². The molecule has 0 heterocycles. The second-order valence-corrected chi connectivity index (χ2v) is 5.30. The lowest BCUT2D eigenvalue weighted by molar-refractivity contribution is -0.135. The molecule has 0 aromatic carbocycles. The molecule has 100 valence electrons. The van der Waals surface area contributed by atoms with Crippen LogP contribution in [0.25, 0.3) is 0 Å². The lowest BCUT2D eigenvalue weighted by Gasteiger charge is -2.19. The summed E-state index contributed by atoms with van der Waals surface area (Å²) in [5, 5.41) is -0.103. The van der Waals surface area contributed by atoms with Crippen molar-refractivity contribution in [3.63, 3.8) is 0 Å². The van der Waals surface area contributed by atoms with E-state index in [1.165, 1.54) is 13.3 Å². The average Bonchev–Trinajstić information content (AvgIpc) is 2.25. The van der Waals surface area contributed by atoms with Gasteiger partial charge in [-0.1, -0.05) is 0 Å². The number of hydrogen-bond acceptors (Lipinski definition) is 6. The molecule has 7 heteroatoms. The second kappa shape index (κ2) is 7.48. The number of carbonyl (C=O) groups excluding carboxylic acids is 1. The molecule has 0 saturated heterocycles. The standard InChI is InChI=1S/C10H20NO5P/c1-6-15-17(13,16-7-2)9(8-11(3)4)10(12)14-5/h8H,6-7H2,1-5H3/b9-8+. The molecule has 0 radical (unpaired) electrons. The largest absolute Gasteiger partial charge is 0.465 e. The molecule has 0 aromatic heterocycles. The first-order chi connectivity index (χ1) is 7.91. The summed E-state index contributed by atoms with van der Waals surface area (Å²) in [4.78, 5) is 13.2. The molecular formula is C10H20NO5P. The van der Waals surface area contributed by atoms with E-state index >= 15 is 0 Å². The summed E-state index contributed by atoms with van der Waals surface area (Å²) in [5.41, 5.74) is 0. The molecule has 0 atom stereocenters. The van der Waals surface area contributed by atoms with Crippen LogP contribution in [0, 0.1) is 0 Å². The topological polar surface area (TPSA) is 65.1 Å². The Morgan fingerprint density at radius 1 is 1.24 bits per heavy atom. The van der Waals surface area contributed by atoms with Gasteiger partial charge >= 0.3 is 13.6 Å². The predicted molar refractivity (Wildman–Crippen MR) is 64.6 cm³/mol. The number of methoxy groups -OCH3 is 1. The number of rotatable bonds is 7. The van der Waals surface area contributed by atoms with Gasteiger partial charge in [0.1, 0.15) is 0 Å². The van der Waals surface area contributed by atoms with E-state index in [1.54, 1.807) is 32.8 Å². The van der Waals surface area contributed by atoms with E-state index in [2.05, 4.69) is 4.74 Å². The van der Waals surface area contributed by atoms with Crippen molar-refractivity contribution in [1.29, 1.82) is 0 Å². The molecule has 0 aliphatic rings. The third kappa shape index (κ3) is 4.89. The molecule has 17 heavy (non-hydrogen) atoms. The van der Waals surface area contributed by atoms with Crippen molar-refractivity contribution >= 4 is 13.6 Å². The molecule has 0 amide bonds. The molecular weight excluding hydrogens is 245 g/mol. The van der Waals surface area contributed by atoms with Gasteiger partial charge in [0.2, 0.25) is 0 Å². The Labute approximate surface area is 102 Å². The van der Waals surface area contributed by atoms with Crippen LogP contribution < -0.4 is 0 Å². The molecule has 0 saturated carbocycles. The summed E-state index contributed by atoms with van der Waals surface area (Å²) in [7, 11) is 1.00. The monoisotopic (exact) mass is 265 g/mol. The molecule has 0 aliphatic carbocycles. The van der Waals surface area contributed by atoms with Crippen LogP contribution in [0.3, 0.4) is 0 Å². The number of esters is 1. The van der Waals surface area contributed by atoms with E-state index in [4.69, 9.17) is 9.05 Å². The summed E-state index contributed by atoms with van der Waals surface area (Å²) in [6, 6.07) is 0. The summed E-state index contributed by atoms with van der Waals surface area (Å²) in [5.74, 6) is -0.719. The van der Waals surface area contributed by atoms with Crippen molar-refractivity contribution in [2.45, 2.75) is 13.8 Å². The zero-order valence-corrected chi connectivity index (χ0v) is 11.8. The highest BCUT2D eigenvalue weighted by atomic mass is 31.2. The molecule has 0 aromatic rings. The lowest BCUT2D eigenvalue weighted by atomic mass is 10.6. The highest BCUT2D eigenvalue weighted by molar-refractivity contribution is 7.59. The van der Waals surface area contributed by atoms with Gasteiger partial charge in [0, 0.05) is 20.3 Å². The first-order valence-corrected chi connectivity index (χ1v) is 6.81. The van der Waals surface area contributed by atoms with Crippen molar-refractivity contribution in [2.24, 2.45) is 0 Å². The Hall–Kier alpha value is -0.840. The zero-order valence-electron chi connectivity index (χ0n) is 10.9. The van der Waals surface area contributed by atoms with E-state index in [0.29, 0.717) is 0 Å². The van der Waals surface area contributed by atoms with Gasteiger partial charge in [0.15, 0.2) is 5.31 Å². The van der Waals surface area contributed by atoms with E-state index in [1.807, 2.05) is 0 Å². The summed E-state index contributed by atoms with van der Waals surface area (Å²) < 4.78 is 27.2. The quantitative estimate of drug-likeness (QED) is 0.397. The van der Waals surface area contributed by atoms with Gasteiger partial charge in [-0.25, -0.2) is 4.79 Å². The lowest BCUT2D eigenvalue weighted by Crippen LogP contribution is -2.14. The highest BCUT2D eigenvalue weighted by Crippen LogP contribution is 2.56. The first-order valence-electron chi connectivity index (χ1n) is 5.27. The molecule has 0 rings (SSSR count). The van der Waals surface area contributed by atoms with E-state index in [0.717, 1.165) is 0 Å². The molecule has 0 unspecified atom stereocenters. The Balaban J connectivity index is 5.37. The normalized spacial score (nSPS) is 12.4. The molecule has 0 N–H and O–H groups in total. The number of ether oxygens (including phenoxy) is 1. The van der Waals surface area contributed by atoms with Crippen LogP contribution in [0.4, 0.5) is 0 Å². The maximum Gasteiger partial charge on any atom is 0.370 e. The first kappa shape index (κ1) is 16.2. The molecule has 0 aliphatic heterocycles. The number of hydrogen-bond donors (Lipinski definition) is 0. The summed E-state index contributed by atoms with van der Waals surface area (Å²) >= 11 is 0. The third-order valence-electron chi connectivity index (χ3n) is 1.67. The van der Waals surface area contributed by atoms with E-state index in [9.17, 15) is 9.36 Å². The van der Waals surface area contributed by atoms with E-state index < -0.39 is 13.6 Å². The van der Waals surface area contributed by atoms with Gasteiger partial charge in [-0.15, -0.1) is 0 Å². The SMILES string of the molecule is CCOP(=O)(OCC)/C(=C/N(C)C)C(=O)OC. The van der Waals surface area contributed by atoms with E-state index in [-0.39, 0.29) is 18.5 Å². The van der Waals surface area contributed by atoms with Crippen LogP contribution >= 0.6 is 7.60 Å². The van der Waals surface area contributed by atoms with Crippen LogP contribution in [0.15, 0.2) is 11.5 Å². The Kier molecular flexibility index (Phi) is 7.11.